The number of Topliss-reactive ketones (excluding diaryl/α,β-unsaturated/α-hetero) is 1. The number of rotatable bonds is 4. The van der Waals surface area contributed by atoms with Crippen LogP contribution in [0.5, 0.6) is 11.5 Å². The van der Waals surface area contributed by atoms with E-state index in [1.165, 1.54) is 11.3 Å². The molecule has 1 atom stereocenters. The fourth-order valence-corrected chi connectivity index (χ4v) is 4.32. The summed E-state index contributed by atoms with van der Waals surface area (Å²) in [6.45, 7) is 5.22. The van der Waals surface area contributed by atoms with Crippen molar-refractivity contribution in [2.24, 2.45) is 0 Å². The van der Waals surface area contributed by atoms with Crippen LogP contribution in [0.2, 0.25) is 0 Å². The summed E-state index contributed by atoms with van der Waals surface area (Å²) in [7, 11) is 0. The molecule has 1 N–H and O–H groups in total. The van der Waals surface area contributed by atoms with Crippen molar-refractivity contribution >= 4 is 29.1 Å². The summed E-state index contributed by atoms with van der Waals surface area (Å²) in [5.41, 5.74) is -0.143. The Bertz CT molecular complexity index is 982. The van der Waals surface area contributed by atoms with Crippen molar-refractivity contribution in [3.05, 3.63) is 45.1 Å². The van der Waals surface area contributed by atoms with E-state index in [4.69, 9.17) is 9.47 Å². The third kappa shape index (κ3) is 2.76. The van der Waals surface area contributed by atoms with Crippen LogP contribution in [0.3, 0.4) is 0 Å². The number of imide groups is 1. The molecule has 0 bridgehead atoms. The zero-order chi connectivity index (χ0) is 19.3. The van der Waals surface area contributed by atoms with Crippen LogP contribution in [0.15, 0.2) is 24.3 Å². The predicted molar refractivity (Wildman–Crippen MR) is 98.3 cm³/mol. The summed E-state index contributed by atoms with van der Waals surface area (Å²) in [4.78, 5) is 41.0. The van der Waals surface area contributed by atoms with Gasteiger partial charge >= 0.3 is 6.03 Å². The van der Waals surface area contributed by atoms with Gasteiger partial charge in [-0.15, -0.1) is 11.3 Å². The lowest BCUT2D eigenvalue weighted by atomic mass is 9.91. The topological polar surface area (TPSA) is 84.9 Å². The summed E-state index contributed by atoms with van der Waals surface area (Å²) < 4.78 is 10.6. The number of aryl methyl sites for hydroxylation is 2. The Morgan fingerprint density at radius 3 is 2.67 bits per heavy atom. The standard InChI is InChI=1S/C19H18N2O5S/c1-10-6-13(11(2)27-10)14(22)8-21-17(23)19(3,20-18(21)24)12-4-5-15-16(7-12)26-9-25-15/h4-7H,8-9H2,1-3H3,(H,20,24)/t19-/m0/s1. The Kier molecular flexibility index (Phi) is 3.96. The van der Waals surface area contributed by atoms with Crippen molar-refractivity contribution in [2.75, 3.05) is 13.3 Å². The first-order chi connectivity index (χ1) is 12.8. The summed E-state index contributed by atoms with van der Waals surface area (Å²) in [6, 6.07) is 6.30. The number of ether oxygens (including phenoxy) is 2. The smallest absolute Gasteiger partial charge is 0.325 e. The molecule has 3 heterocycles. The second-order valence-electron chi connectivity index (χ2n) is 6.76. The number of nitrogens with zero attached hydrogens (tertiary/aromatic N) is 1. The van der Waals surface area contributed by atoms with E-state index in [0.717, 1.165) is 14.7 Å². The molecule has 0 spiro atoms. The summed E-state index contributed by atoms with van der Waals surface area (Å²) in [6.07, 6.45) is 0. The molecule has 0 unspecified atom stereocenters. The van der Waals surface area contributed by atoms with E-state index in [1.807, 2.05) is 13.8 Å². The number of urea groups is 1. The molecule has 1 aromatic carbocycles. The summed E-state index contributed by atoms with van der Waals surface area (Å²) in [5, 5.41) is 2.71. The average molecular weight is 386 g/mol. The third-order valence-corrected chi connectivity index (χ3v) is 5.83. The Morgan fingerprint density at radius 1 is 1.22 bits per heavy atom. The average Bonchev–Trinajstić information content (AvgIpc) is 3.28. The summed E-state index contributed by atoms with van der Waals surface area (Å²) >= 11 is 1.51. The van der Waals surface area contributed by atoms with E-state index in [-0.39, 0.29) is 19.1 Å². The molecule has 8 heteroatoms. The number of benzene rings is 1. The van der Waals surface area contributed by atoms with Crippen LogP contribution in [0.4, 0.5) is 4.79 Å². The Labute approximate surface area is 159 Å². The van der Waals surface area contributed by atoms with E-state index in [9.17, 15) is 14.4 Å². The number of hydrogen-bond acceptors (Lipinski definition) is 6. The van der Waals surface area contributed by atoms with Gasteiger partial charge in [-0.3, -0.25) is 14.5 Å². The van der Waals surface area contributed by atoms with E-state index >= 15 is 0 Å². The van der Waals surface area contributed by atoms with Gasteiger partial charge in [0.15, 0.2) is 17.3 Å². The van der Waals surface area contributed by atoms with Gasteiger partial charge in [0.25, 0.3) is 5.91 Å². The van der Waals surface area contributed by atoms with Crippen molar-refractivity contribution in [2.45, 2.75) is 26.3 Å². The highest BCUT2D eigenvalue weighted by Crippen LogP contribution is 2.38. The first kappa shape index (κ1) is 17.5. The van der Waals surface area contributed by atoms with Gasteiger partial charge in [-0.2, -0.15) is 0 Å². The molecule has 2 aliphatic rings. The highest BCUT2D eigenvalue weighted by Gasteiger charge is 2.50. The maximum atomic E-state index is 13.0. The second-order valence-corrected chi connectivity index (χ2v) is 8.23. The zero-order valence-corrected chi connectivity index (χ0v) is 15.9. The van der Waals surface area contributed by atoms with E-state index in [0.29, 0.717) is 22.6 Å². The molecule has 7 nitrogen and oxygen atoms in total. The first-order valence-electron chi connectivity index (χ1n) is 8.44. The molecule has 4 rings (SSSR count). The van der Waals surface area contributed by atoms with E-state index < -0.39 is 17.5 Å². The fourth-order valence-electron chi connectivity index (χ4n) is 3.38. The maximum Gasteiger partial charge on any atom is 0.325 e. The van der Waals surface area contributed by atoms with Crippen LogP contribution >= 0.6 is 11.3 Å². The predicted octanol–water partition coefficient (Wildman–Crippen LogP) is 2.74. The molecule has 1 fully saturated rings. The van der Waals surface area contributed by atoms with Gasteiger partial charge < -0.3 is 14.8 Å². The number of thiophene rings is 1. The molecule has 3 amide bonds. The molecule has 2 aliphatic heterocycles. The lowest BCUT2D eigenvalue weighted by Gasteiger charge is -2.22. The number of hydrogen-bond donors (Lipinski definition) is 1. The van der Waals surface area contributed by atoms with Crippen LogP contribution in [0.1, 0.15) is 32.6 Å². The minimum atomic E-state index is -1.27. The number of carbonyl (C=O) groups excluding carboxylic acids is 3. The van der Waals surface area contributed by atoms with Crippen molar-refractivity contribution in [3.63, 3.8) is 0 Å². The van der Waals surface area contributed by atoms with Crippen LogP contribution < -0.4 is 14.8 Å². The zero-order valence-electron chi connectivity index (χ0n) is 15.1. The highest BCUT2D eigenvalue weighted by molar-refractivity contribution is 7.12. The molecular weight excluding hydrogens is 368 g/mol. The highest BCUT2D eigenvalue weighted by atomic mass is 32.1. The van der Waals surface area contributed by atoms with Crippen LogP contribution in [0.25, 0.3) is 0 Å². The van der Waals surface area contributed by atoms with Crippen LogP contribution in [-0.4, -0.2) is 36.0 Å². The number of nitrogens with one attached hydrogen (secondary N) is 1. The van der Waals surface area contributed by atoms with Gasteiger partial charge in [0, 0.05) is 15.3 Å². The number of carbonyl (C=O) groups is 3. The van der Waals surface area contributed by atoms with Crippen molar-refractivity contribution in [3.8, 4) is 11.5 Å². The molecule has 1 aromatic heterocycles. The second kappa shape index (κ2) is 6.09. The SMILES string of the molecule is Cc1cc(C(=O)CN2C(=O)N[C@@](C)(c3ccc4c(c3)OCO4)C2=O)c(C)s1. The lowest BCUT2D eigenvalue weighted by molar-refractivity contribution is -0.130. The lowest BCUT2D eigenvalue weighted by Crippen LogP contribution is -2.41. The molecule has 0 saturated carbocycles. The first-order valence-corrected chi connectivity index (χ1v) is 9.26. The van der Waals surface area contributed by atoms with Gasteiger partial charge in [0.05, 0.1) is 6.54 Å². The molecule has 140 valence electrons. The van der Waals surface area contributed by atoms with Crippen molar-refractivity contribution in [1.29, 1.82) is 0 Å². The van der Waals surface area contributed by atoms with Crippen molar-refractivity contribution < 1.29 is 23.9 Å². The quantitative estimate of drug-likeness (QED) is 0.645. The van der Waals surface area contributed by atoms with Gasteiger partial charge in [0.1, 0.15) is 5.54 Å². The van der Waals surface area contributed by atoms with Crippen molar-refractivity contribution in [1.82, 2.24) is 10.2 Å². The molecular formula is C19H18N2O5S. The Hall–Kier alpha value is -2.87. The number of fused-ring (bicyclic) bond motifs is 1. The number of ketones is 1. The Morgan fingerprint density at radius 2 is 1.96 bits per heavy atom. The van der Waals surface area contributed by atoms with Crippen LogP contribution in [-0.2, 0) is 10.3 Å². The molecule has 2 aromatic rings. The minimum Gasteiger partial charge on any atom is -0.454 e. The Balaban J connectivity index is 1.60. The molecule has 1 saturated heterocycles. The van der Waals surface area contributed by atoms with Gasteiger partial charge in [-0.25, -0.2) is 4.79 Å². The minimum absolute atomic E-state index is 0.121. The normalized spacial score (nSPS) is 20.9. The van der Waals surface area contributed by atoms with E-state index in [1.54, 1.807) is 31.2 Å². The third-order valence-electron chi connectivity index (χ3n) is 4.87. The molecule has 0 aliphatic carbocycles. The molecule has 0 radical (unpaired) electrons. The largest absolute Gasteiger partial charge is 0.454 e. The van der Waals surface area contributed by atoms with Gasteiger partial charge in [-0.05, 0) is 44.5 Å². The van der Waals surface area contributed by atoms with E-state index in [2.05, 4.69) is 5.32 Å². The van der Waals surface area contributed by atoms with Gasteiger partial charge in [-0.1, -0.05) is 6.07 Å². The molecule has 27 heavy (non-hydrogen) atoms. The van der Waals surface area contributed by atoms with Crippen LogP contribution in [0, 0.1) is 13.8 Å². The van der Waals surface area contributed by atoms with Gasteiger partial charge in [0.2, 0.25) is 6.79 Å². The summed E-state index contributed by atoms with van der Waals surface area (Å²) in [5.74, 6) is 0.392. The maximum absolute atomic E-state index is 13.0. The number of amides is 3. The monoisotopic (exact) mass is 386 g/mol. The fraction of sp³-hybridized carbons (Fsp3) is 0.316.